The summed E-state index contributed by atoms with van der Waals surface area (Å²) in [5, 5.41) is 3.44. The lowest BCUT2D eigenvalue weighted by Crippen LogP contribution is -2.19. The van der Waals surface area contributed by atoms with Gasteiger partial charge >= 0.3 is 0 Å². The van der Waals surface area contributed by atoms with Crippen LogP contribution in [0.1, 0.15) is 44.7 Å². The first-order valence-corrected chi connectivity index (χ1v) is 11.2. The fourth-order valence-electron chi connectivity index (χ4n) is 4.16. The second-order valence-corrected chi connectivity index (χ2v) is 10.3. The van der Waals surface area contributed by atoms with Gasteiger partial charge in [0.2, 0.25) is 0 Å². The minimum atomic E-state index is -3.58. The maximum Gasteiger partial charge on any atom is 0.261 e. The third-order valence-corrected chi connectivity index (χ3v) is 8.00. The molecule has 1 aliphatic heterocycles. The van der Waals surface area contributed by atoms with Crippen LogP contribution in [-0.4, -0.2) is 21.5 Å². The van der Waals surface area contributed by atoms with E-state index in [-0.39, 0.29) is 5.41 Å². The highest BCUT2D eigenvalue weighted by molar-refractivity contribution is 7.92. The fraction of sp³-hybridized carbons (Fsp3) is 0.455. The Morgan fingerprint density at radius 1 is 1.11 bits per heavy atom. The van der Waals surface area contributed by atoms with Crippen LogP contribution in [0.3, 0.4) is 0 Å². The quantitative estimate of drug-likeness (QED) is 0.790. The first-order valence-electron chi connectivity index (χ1n) is 9.71. The molecule has 0 amide bonds. The van der Waals surface area contributed by atoms with Crippen molar-refractivity contribution in [3.63, 3.8) is 0 Å². The first kappa shape index (κ1) is 18.5. The van der Waals surface area contributed by atoms with Crippen molar-refractivity contribution in [1.29, 1.82) is 0 Å². The Morgan fingerprint density at radius 2 is 1.78 bits per heavy atom. The van der Waals surface area contributed by atoms with E-state index in [1.807, 2.05) is 24.3 Å². The summed E-state index contributed by atoms with van der Waals surface area (Å²) in [6.07, 6.45) is 2.24. The van der Waals surface area contributed by atoms with Crippen molar-refractivity contribution >= 4 is 15.7 Å². The predicted molar refractivity (Wildman–Crippen MR) is 110 cm³/mol. The van der Waals surface area contributed by atoms with E-state index in [4.69, 9.17) is 0 Å². The van der Waals surface area contributed by atoms with Crippen LogP contribution >= 0.6 is 0 Å². The minimum Gasteiger partial charge on any atom is -0.316 e. The van der Waals surface area contributed by atoms with Gasteiger partial charge in [0.25, 0.3) is 10.0 Å². The fourth-order valence-corrected chi connectivity index (χ4v) is 5.22. The molecule has 0 bridgehead atoms. The van der Waals surface area contributed by atoms with Crippen molar-refractivity contribution < 1.29 is 8.42 Å². The number of anilines is 1. The van der Waals surface area contributed by atoms with E-state index in [9.17, 15) is 8.42 Å². The normalized spacial score (nSPS) is 24.5. The third-order valence-electron chi connectivity index (χ3n) is 6.61. The summed E-state index contributed by atoms with van der Waals surface area (Å²) in [6.45, 7) is 8.60. The molecular formula is C22H28N2O2S. The second kappa shape index (κ2) is 6.35. The van der Waals surface area contributed by atoms with Crippen molar-refractivity contribution in [2.45, 2.75) is 49.3 Å². The van der Waals surface area contributed by atoms with E-state index in [1.165, 1.54) is 12.0 Å². The van der Waals surface area contributed by atoms with Crippen LogP contribution in [0.5, 0.6) is 0 Å². The molecule has 1 heterocycles. The lowest BCUT2D eigenvalue weighted by molar-refractivity contribution is 0.506. The van der Waals surface area contributed by atoms with Crippen LogP contribution in [0.15, 0.2) is 53.4 Å². The number of sulfonamides is 1. The summed E-state index contributed by atoms with van der Waals surface area (Å²) in [5.41, 5.74) is 3.40. The smallest absolute Gasteiger partial charge is 0.261 e. The van der Waals surface area contributed by atoms with Gasteiger partial charge in [0.15, 0.2) is 0 Å². The van der Waals surface area contributed by atoms with Crippen LogP contribution in [0, 0.1) is 5.92 Å². The van der Waals surface area contributed by atoms with E-state index in [1.54, 1.807) is 12.1 Å². The summed E-state index contributed by atoms with van der Waals surface area (Å²) >= 11 is 0. The predicted octanol–water partition coefficient (Wildman–Crippen LogP) is 4.04. The zero-order valence-electron chi connectivity index (χ0n) is 16.2. The molecule has 2 N–H and O–H groups in total. The molecule has 0 spiro atoms. The Morgan fingerprint density at radius 3 is 2.30 bits per heavy atom. The van der Waals surface area contributed by atoms with Gasteiger partial charge in [-0.1, -0.05) is 45.0 Å². The number of nitrogens with one attached hydrogen (secondary N) is 2. The molecule has 0 aromatic heterocycles. The molecule has 144 valence electrons. The standard InChI is InChI=1S/C22H28N2O2S/c1-4-21(2,3)16-7-11-20(12-8-16)27(25,26)24-19-9-5-17(6-10-19)22-13-18(22)14-23-15-22/h5-12,18,23-24H,4,13-15H2,1-3H3/t18-,22?/m1/s1. The Hall–Kier alpha value is -1.85. The zero-order valence-corrected chi connectivity index (χ0v) is 17.1. The van der Waals surface area contributed by atoms with Gasteiger partial charge in [0, 0.05) is 17.6 Å². The molecule has 4 nitrogen and oxygen atoms in total. The number of fused-ring (bicyclic) bond motifs is 1. The maximum absolute atomic E-state index is 12.7. The number of hydrogen-bond donors (Lipinski definition) is 2. The SMILES string of the molecule is CCC(C)(C)c1ccc(S(=O)(=O)Nc2ccc(C34CNC[C@H]3C4)cc2)cc1. The molecule has 1 unspecified atom stereocenters. The van der Waals surface area contributed by atoms with Crippen LogP contribution in [0.25, 0.3) is 0 Å². The average Bonchev–Trinajstić information content (AvgIpc) is 3.22. The first-order chi connectivity index (χ1) is 12.8. The molecule has 4 rings (SSSR count). The molecule has 2 aromatic rings. The van der Waals surface area contributed by atoms with E-state index in [2.05, 4.69) is 42.9 Å². The van der Waals surface area contributed by atoms with Gasteiger partial charge in [-0.15, -0.1) is 0 Å². The number of rotatable bonds is 6. The molecular weight excluding hydrogens is 356 g/mol. The molecule has 2 fully saturated rings. The molecule has 1 saturated heterocycles. The third kappa shape index (κ3) is 3.27. The molecule has 2 aliphatic rings. The van der Waals surface area contributed by atoms with Crippen LogP contribution in [-0.2, 0) is 20.9 Å². The summed E-state index contributed by atoms with van der Waals surface area (Å²) < 4.78 is 28.2. The lowest BCUT2D eigenvalue weighted by Gasteiger charge is -2.23. The van der Waals surface area contributed by atoms with E-state index in [0.29, 0.717) is 16.0 Å². The van der Waals surface area contributed by atoms with Gasteiger partial charge in [-0.2, -0.15) is 0 Å². The maximum atomic E-state index is 12.7. The molecule has 2 atom stereocenters. The van der Waals surface area contributed by atoms with Gasteiger partial charge in [-0.3, -0.25) is 4.72 Å². The highest BCUT2D eigenvalue weighted by Gasteiger charge is 2.57. The monoisotopic (exact) mass is 384 g/mol. The minimum absolute atomic E-state index is 0.0424. The van der Waals surface area contributed by atoms with Crippen molar-refractivity contribution in [2.24, 2.45) is 5.92 Å². The van der Waals surface area contributed by atoms with Gasteiger partial charge in [-0.05, 0) is 66.1 Å². The van der Waals surface area contributed by atoms with Gasteiger partial charge in [0.05, 0.1) is 4.90 Å². The second-order valence-electron chi connectivity index (χ2n) is 8.63. The molecule has 2 aromatic carbocycles. The van der Waals surface area contributed by atoms with Crippen molar-refractivity contribution in [3.05, 3.63) is 59.7 Å². The molecule has 0 radical (unpaired) electrons. The Bertz CT molecular complexity index is 933. The number of piperidine rings is 1. The summed E-state index contributed by atoms with van der Waals surface area (Å²) in [6, 6.07) is 15.1. The molecule has 27 heavy (non-hydrogen) atoms. The Kier molecular flexibility index (Phi) is 4.35. The molecule has 1 saturated carbocycles. The number of benzene rings is 2. The summed E-state index contributed by atoms with van der Waals surface area (Å²) in [4.78, 5) is 0.295. The van der Waals surface area contributed by atoms with Crippen LogP contribution < -0.4 is 10.0 Å². The van der Waals surface area contributed by atoms with Crippen molar-refractivity contribution in [1.82, 2.24) is 5.32 Å². The number of hydrogen-bond acceptors (Lipinski definition) is 3. The average molecular weight is 385 g/mol. The molecule has 5 heteroatoms. The van der Waals surface area contributed by atoms with E-state index >= 15 is 0 Å². The van der Waals surface area contributed by atoms with Gasteiger partial charge in [0.1, 0.15) is 0 Å². The largest absolute Gasteiger partial charge is 0.316 e. The van der Waals surface area contributed by atoms with E-state index < -0.39 is 10.0 Å². The van der Waals surface area contributed by atoms with Crippen molar-refractivity contribution in [3.8, 4) is 0 Å². The topological polar surface area (TPSA) is 58.2 Å². The van der Waals surface area contributed by atoms with Gasteiger partial charge < -0.3 is 5.32 Å². The van der Waals surface area contributed by atoms with Crippen molar-refractivity contribution in [2.75, 3.05) is 17.8 Å². The lowest BCUT2D eigenvalue weighted by atomic mass is 9.82. The highest BCUT2D eigenvalue weighted by Crippen LogP contribution is 2.56. The summed E-state index contributed by atoms with van der Waals surface area (Å²) in [5.74, 6) is 0.742. The van der Waals surface area contributed by atoms with Crippen LogP contribution in [0.2, 0.25) is 0 Å². The van der Waals surface area contributed by atoms with E-state index in [0.717, 1.165) is 31.0 Å². The zero-order chi connectivity index (χ0) is 19.3. The molecule has 1 aliphatic carbocycles. The highest BCUT2D eigenvalue weighted by atomic mass is 32.2. The Balaban J connectivity index is 1.50. The Labute approximate surface area is 162 Å². The van der Waals surface area contributed by atoms with Crippen LogP contribution in [0.4, 0.5) is 5.69 Å². The summed E-state index contributed by atoms with van der Waals surface area (Å²) in [7, 11) is -3.58. The van der Waals surface area contributed by atoms with Gasteiger partial charge in [-0.25, -0.2) is 8.42 Å².